The van der Waals surface area contributed by atoms with E-state index in [2.05, 4.69) is 0 Å². The Labute approximate surface area is 181 Å². The lowest BCUT2D eigenvalue weighted by Crippen LogP contribution is -2.39. The van der Waals surface area contributed by atoms with Crippen LogP contribution < -0.4 is 15.5 Å². The van der Waals surface area contributed by atoms with Crippen molar-refractivity contribution in [3.8, 4) is 17.2 Å². The predicted molar refractivity (Wildman–Crippen MR) is 113 cm³/mol. The molecular weight excluding hydrogens is 403 g/mol. The summed E-state index contributed by atoms with van der Waals surface area (Å²) >= 11 is 0. The Bertz CT molecular complexity index is 856. The van der Waals surface area contributed by atoms with E-state index in [0.717, 1.165) is 24.8 Å². The first kappa shape index (κ1) is 22.7. The lowest BCUT2D eigenvalue weighted by atomic mass is 9.90. The SMILES string of the molecule is NOc1cc(F)ccc1CC1CCN(C(=O)OCCCCOc2ccccc2O)CC1. The van der Waals surface area contributed by atoms with Gasteiger partial charge in [-0.1, -0.05) is 18.2 Å². The van der Waals surface area contributed by atoms with Gasteiger partial charge < -0.3 is 24.3 Å². The van der Waals surface area contributed by atoms with E-state index < -0.39 is 0 Å². The van der Waals surface area contributed by atoms with Crippen molar-refractivity contribution in [2.45, 2.75) is 32.1 Å². The minimum Gasteiger partial charge on any atom is -0.504 e. The molecule has 0 saturated carbocycles. The number of ether oxygens (including phenoxy) is 2. The smallest absolute Gasteiger partial charge is 0.409 e. The summed E-state index contributed by atoms with van der Waals surface area (Å²) < 4.78 is 24.2. The number of nitrogens with zero attached hydrogens (tertiary/aromatic N) is 1. The van der Waals surface area contributed by atoms with Crippen LogP contribution in [0.2, 0.25) is 0 Å². The van der Waals surface area contributed by atoms with Crippen LogP contribution in [-0.2, 0) is 11.2 Å². The third-order valence-electron chi connectivity index (χ3n) is 5.42. The number of para-hydroxylation sites is 2. The summed E-state index contributed by atoms with van der Waals surface area (Å²) in [5, 5.41) is 9.64. The Balaban J connectivity index is 1.31. The number of hydrogen-bond acceptors (Lipinski definition) is 6. The quantitative estimate of drug-likeness (QED) is 0.459. The molecule has 1 saturated heterocycles. The summed E-state index contributed by atoms with van der Waals surface area (Å²) in [4.78, 5) is 18.8. The van der Waals surface area contributed by atoms with Gasteiger partial charge in [0.2, 0.25) is 0 Å². The highest BCUT2D eigenvalue weighted by Gasteiger charge is 2.24. The second-order valence-corrected chi connectivity index (χ2v) is 7.64. The lowest BCUT2D eigenvalue weighted by molar-refractivity contribution is 0.0853. The molecule has 0 unspecified atom stereocenters. The van der Waals surface area contributed by atoms with Crippen LogP contribution >= 0.6 is 0 Å². The topological polar surface area (TPSA) is 94.3 Å². The number of hydrogen-bond donors (Lipinski definition) is 2. The number of phenolic OH excluding ortho intramolecular Hbond substituents is 1. The number of carbonyl (C=O) groups excluding carboxylic acids is 1. The highest BCUT2D eigenvalue weighted by Crippen LogP contribution is 2.27. The predicted octanol–water partition coefficient (Wildman–Crippen LogP) is 4.03. The lowest BCUT2D eigenvalue weighted by Gasteiger charge is -2.31. The van der Waals surface area contributed by atoms with Gasteiger partial charge in [-0.2, -0.15) is 5.90 Å². The van der Waals surface area contributed by atoms with Gasteiger partial charge in [0.25, 0.3) is 0 Å². The molecule has 0 spiro atoms. The Hall–Kier alpha value is -3.00. The van der Waals surface area contributed by atoms with Crippen LogP contribution in [0.4, 0.5) is 9.18 Å². The Morgan fingerprint density at radius 3 is 2.58 bits per heavy atom. The van der Waals surface area contributed by atoms with Crippen LogP contribution in [0.25, 0.3) is 0 Å². The van der Waals surface area contributed by atoms with Crippen molar-refractivity contribution in [3.63, 3.8) is 0 Å². The van der Waals surface area contributed by atoms with Gasteiger partial charge >= 0.3 is 6.09 Å². The molecule has 2 aromatic rings. The Kier molecular flexibility index (Phi) is 8.35. The van der Waals surface area contributed by atoms with Crippen LogP contribution in [0, 0.1) is 11.7 Å². The van der Waals surface area contributed by atoms with E-state index in [1.54, 1.807) is 35.2 Å². The van der Waals surface area contributed by atoms with Gasteiger partial charge in [-0.05, 0) is 61.8 Å². The van der Waals surface area contributed by atoms with Crippen LogP contribution in [0.5, 0.6) is 17.2 Å². The number of piperidine rings is 1. The summed E-state index contributed by atoms with van der Waals surface area (Å²) in [5.74, 6) is 6.15. The highest BCUT2D eigenvalue weighted by atomic mass is 19.1. The van der Waals surface area contributed by atoms with Crippen molar-refractivity contribution in [2.24, 2.45) is 11.8 Å². The van der Waals surface area contributed by atoms with Gasteiger partial charge in [0.05, 0.1) is 13.2 Å². The third kappa shape index (κ3) is 6.75. The van der Waals surface area contributed by atoms with Gasteiger partial charge in [-0.3, -0.25) is 0 Å². The molecule has 0 atom stereocenters. The van der Waals surface area contributed by atoms with Crippen molar-refractivity contribution in [3.05, 3.63) is 53.8 Å². The summed E-state index contributed by atoms with van der Waals surface area (Å²) in [6.07, 6.45) is 3.50. The molecule has 8 heteroatoms. The maximum absolute atomic E-state index is 13.3. The number of unbranched alkanes of at least 4 members (excludes halogenated alkanes) is 1. The molecule has 1 aliphatic rings. The van der Waals surface area contributed by atoms with E-state index in [9.17, 15) is 14.3 Å². The molecule has 1 amide bonds. The van der Waals surface area contributed by atoms with Crippen molar-refractivity contribution in [1.82, 2.24) is 4.90 Å². The van der Waals surface area contributed by atoms with Gasteiger partial charge in [-0.15, -0.1) is 0 Å². The van der Waals surface area contributed by atoms with E-state index in [0.29, 0.717) is 56.6 Å². The molecule has 3 N–H and O–H groups in total. The summed E-state index contributed by atoms with van der Waals surface area (Å²) in [7, 11) is 0. The number of likely N-dealkylation sites (tertiary alicyclic amines) is 1. The number of benzene rings is 2. The molecule has 0 aromatic heterocycles. The van der Waals surface area contributed by atoms with E-state index in [-0.39, 0.29) is 17.7 Å². The zero-order valence-corrected chi connectivity index (χ0v) is 17.5. The van der Waals surface area contributed by atoms with Crippen LogP contribution in [0.3, 0.4) is 0 Å². The average molecular weight is 432 g/mol. The third-order valence-corrected chi connectivity index (χ3v) is 5.42. The molecule has 168 valence electrons. The van der Waals surface area contributed by atoms with E-state index in [4.69, 9.17) is 20.2 Å². The normalized spacial score (nSPS) is 14.3. The van der Waals surface area contributed by atoms with E-state index in [1.807, 2.05) is 0 Å². The van der Waals surface area contributed by atoms with Crippen LogP contribution in [0.1, 0.15) is 31.2 Å². The number of rotatable bonds is 9. The standard InChI is InChI=1S/C23H29FN2O5/c24-19-8-7-18(22(16-19)31-25)15-17-9-11-26(12-10-17)23(28)30-14-4-3-13-29-21-6-2-1-5-20(21)27/h1-2,5-8,16-17,27H,3-4,9-15,25H2. The fraction of sp³-hybridized carbons (Fsp3) is 0.435. The second-order valence-electron chi connectivity index (χ2n) is 7.64. The van der Waals surface area contributed by atoms with E-state index in [1.165, 1.54) is 12.1 Å². The van der Waals surface area contributed by atoms with Gasteiger partial charge in [-0.25, -0.2) is 9.18 Å². The fourth-order valence-electron chi connectivity index (χ4n) is 3.65. The molecule has 2 aromatic carbocycles. The first-order valence-corrected chi connectivity index (χ1v) is 10.5. The van der Waals surface area contributed by atoms with Gasteiger partial charge in [0.1, 0.15) is 5.82 Å². The largest absolute Gasteiger partial charge is 0.504 e. The second kappa shape index (κ2) is 11.4. The Morgan fingerprint density at radius 1 is 1.10 bits per heavy atom. The number of aromatic hydroxyl groups is 1. The van der Waals surface area contributed by atoms with Crippen molar-refractivity contribution >= 4 is 6.09 Å². The molecule has 1 heterocycles. The maximum Gasteiger partial charge on any atom is 0.409 e. The van der Waals surface area contributed by atoms with Gasteiger partial charge in [0, 0.05) is 19.2 Å². The number of carbonyl (C=O) groups is 1. The summed E-state index contributed by atoms with van der Waals surface area (Å²) in [5.41, 5.74) is 0.871. The molecule has 1 aliphatic heterocycles. The summed E-state index contributed by atoms with van der Waals surface area (Å²) in [6, 6.07) is 11.2. The molecule has 3 rings (SSSR count). The maximum atomic E-state index is 13.3. The number of phenols is 1. The average Bonchev–Trinajstić information content (AvgIpc) is 2.78. The zero-order chi connectivity index (χ0) is 22.1. The monoisotopic (exact) mass is 432 g/mol. The van der Waals surface area contributed by atoms with Crippen LogP contribution in [0.15, 0.2) is 42.5 Å². The number of halogens is 1. The van der Waals surface area contributed by atoms with Gasteiger partial charge in [0.15, 0.2) is 17.2 Å². The summed E-state index contributed by atoms with van der Waals surface area (Å²) in [6.45, 7) is 2.02. The molecule has 0 aliphatic carbocycles. The fourth-order valence-corrected chi connectivity index (χ4v) is 3.65. The zero-order valence-electron chi connectivity index (χ0n) is 17.5. The van der Waals surface area contributed by atoms with Crippen molar-refractivity contribution in [2.75, 3.05) is 26.3 Å². The first-order chi connectivity index (χ1) is 15.1. The molecule has 7 nitrogen and oxygen atoms in total. The molecule has 0 bridgehead atoms. The molecule has 0 radical (unpaired) electrons. The molecule has 1 fully saturated rings. The molecule has 31 heavy (non-hydrogen) atoms. The Morgan fingerprint density at radius 2 is 1.84 bits per heavy atom. The highest BCUT2D eigenvalue weighted by molar-refractivity contribution is 5.67. The first-order valence-electron chi connectivity index (χ1n) is 10.5. The van der Waals surface area contributed by atoms with Crippen LogP contribution in [-0.4, -0.2) is 42.4 Å². The number of amides is 1. The number of nitrogens with two attached hydrogens (primary N) is 1. The van der Waals surface area contributed by atoms with Crippen molar-refractivity contribution in [1.29, 1.82) is 0 Å². The van der Waals surface area contributed by atoms with E-state index >= 15 is 0 Å². The minimum absolute atomic E-state index is 0.114. The molecular formula is C23H29FN2O5. The van der Waals surface area contributed by atoms with Crippen molar-refractivity contribution < 1.29 is 28.6 Å². The minimum atomic E-state index is -0.383.